The molecule has 1 aliphatic heterocycles. The van der Waals surface area contributed by atoms with Gasteiger partial charge in [0.1, 0.15) is 4.83 Å². The number of nitrogens with one attached hydrogen (secondary N) is 1. The maximum absolute atomic E-state index is 13.1. The Bertz CT molecular complexity index is 950. The quantitative estimate of drug-likeness (QED) is 0.587. The van der Waals surface area contributed by atoms with Crippen LogP contribution in [0.1, 0.15) is 37.1 Å². The van der Waals surface area contributed by atoms with Crippen LogP contribution in [0.25, 0.3) is 10.2 Å². The standard InChI is InChI=1S/C18H24N4O3S2/c1-5-6-8-22-16(24)13-10(2)11(3)26-14(13)20-18(22)27-12(4)15(23)21-9-7-19-17(21)25/h12H,5-9H2,1-4H3,(H,19,25)/t12-/m0/s1. The lowest BCUT2D eigenvalue weighted by Gasteiger charge is -2.19. The van der Waals surface area contributed by atoms with Crippen molar-refractivity contribution in [1.82, 2.24) is 19.8 Å². The van der Waals surface area contributed by atoms with E-state index in [0.29, 0.717) is 35.0 Å². The largest absolute Gasteiger partial charge is 0.336 e. The molecule has 0 saturated carbocycles. The first-order valence-electron chi connectivity index (χ1n) is 9.11. The Labute approximate surface area is 166 Å². The van der Waals surface area contributed by atoms with Gasteiger partial charge in [0.25, 0.3) is 5.56 Å². The Balaban J connectivity index is 1.97. The van der Waals surface area contributed by atoms with Crippen LogP contribution in [0.5, 0.6) is 0 Å². The predicted octanol–water partition coefficient (Wildman–Crippen LogP) is 2.91. The van der Waals surface area contributed by atoms with Gasteiger partial charge in [-0.05, 0) is 32.8 Å². The molecule has 3 amide bonds. The lowest BCUT2D eigenvalue weighted by atomic mass is 10.2. The van der Waals surface area contributed by atoms with Crippen molar-refractivity contribution in [2.45, 2.75) is 57.5 Å². The van der Waals surface area contributed by atoms with Gasteiger partial charge in [0.05, 0.1) is 10.6 Å². The van der Waals surface area contributed by atoms with Gasteiger partial charge in [-0.3, -0.25) is 19.1 Å². The third-order valence-corrected chi connectivity index (χ3v) is 6.92. The molecule has 1 N–H and O–H groups in total. The first-order valence-corrected chi connectivity index (χ1v) is 10.8. The molecule has 0 unspecified atom stereocenters. The van der Waals surface area contributed by atoms with E-state index >= 15 is 0 Å². The van der Waals surface area contributed by atoms with Crippen molar-refractivity contribution in [3.8, 4) is 0 Å². The lowest BCUT2D eigenvalue weighted by Crippen LogP contribution is -2.39. The number of urea groups is 1. The van der Waals surface area contributed by atoms with Crippen molar-refractivity contribution in [2.75, 3.05) is 13.1 Å². The number of hydrogen-bond acceptors (Lipinski definition) is 6. The van der Waals surface area contributed by atoms with E-state index in [1.807, 2.05) is 13.8 Å². The van der Waals surface area contributed by atoms with Gasteiger partial charge < -0.3 is 5.32 Å². The number of hydrogen-bond donors (Lipinski definition) is 1. The van der Waals surface area contributed by atoms with Crippen LogP contribution in [0.2, 0.25) is 0 Å². The fourth-order valence-corrected chi connectivity index (χ4v) is 5.09. The number of imide groups is 1. The molecule has 1 saturated heterocycles. The topological polar surface area (TPSA) is 84.3 Å². The summed E-state index contributed by atoms with van der Waals surface area (Å²) in [5.41, 5.74) is 0.934. The van der Waals surface area contributed by atoms with Crippen LogP contribution in [-0.2, 0) is 11.3 Å². The molecule has 2 aromatic rings. The van der Waals surface area contributed by atoms with Crippen molar-refractivity contribution in [3.63, 3.8) is 0 Å². The molecule has 0 aromatic carbocycles. The Morgan fingerprint density at radius 1 is 1.37 bits per heavy atom. The van der Waals surface area contributed by atoms with Crippen molar-refractivity contribution in [1.29, 1.82) is 0 Å². The Morgan fingerprint density at radius 2 is 2.11 bits per heavy atom. The maximum atomic E-state index is 13.1. The molecular formula is C18H24N4O3S2. The number of unbranched alkanes of at least 4 members (excludes halogenated alkanes) is 1. The maximum Gasteiger partial charge on any atom is 0.324 e. The van der Waals surface area contributed by atoms with E-state index in [-0.39, 0.29) is 17.5 Å². The second-order valence-electron chi connectivity index (χ2n) is 6.65. The van der Waals surface area contributed by atoms with E-state index < -0.39 is 5.25 Å². The van der Waals surface area contributed by atoms with Crippen molar-refractivity contribution in [3.05, 3.63) is 20.8 Å². The van der Waals surface area contributed by atoms with Gasteiger partial charge >= 0.3 is 6.03 Å². The average molecular weight is 409 g/mol. The number of carbonyl (C=O) groups excluding carboxylic acids is 2. The Morgan fingerprint density at radius 3 is 2.74 bits per heavy atom. The summed E-state index contributed by atoms with van der Waals surface area (Å²) in [6, 6.07) is -0.358. The summed E-state index contributed by atoms with van der Waals surface area (Å²) in [4.78, 5) is 45.2. The highest BCUT2D eigenvalue weighted by molar-refractivity contribution is 8.00. The van der Waals surface area contributed by atoms with Crippen LogP contribution in [0.4, 0.5) is 4.79 Å². The zero-order chi connectivity index (χ0) is 19.7. The van der Waals surface area contributed by atoms with Gasteiger partial charge in [-0.25, -0.2) is 9.78 Å². The van der Waals surface area contributed by atoms with Crippen LogP contribution in [-0.4, -0.2) is 44.7 Å². The summed E-state index contributed by atoms with van der Waals surface area (Å²) in [6.07, 6.45) is 1.82. The van der Waals surface area contributed by atoms with E-state index in [1.54, 1.807) is 11.5 Å². The van der Waals surface area contributed by atoms with E-state index in [4.69, 9.17) is 4.98 Å². The molecule has 0 aliphatic carbocycles. The van der Waals surface area contributed by atoms with Gasteiger partial charge in [0.15, 0.2) is 5.16 Å². The number of carbonyl (C=O) groups is 2. The van der Waals surface area contributed by atoms with Crippen molar-refractivity contribution >= 4 is 45.3 Å². The van der Waals surface area contributed by atoms with E-state index in [2.05, 4.69) is 12.2 Å². The van der Waals surface area contributed by atoms with Crippen LogP contribution >= 0.6 is 23.1 Å². The number of amides is 3. The number of aromatic nitrogens is 2. The number of aryl methyl sites for hydroxylation is 2. The molecule has 3 rings (SSSR count). The lowest BCUT2D eigenvalue weighted by molar-refractivity contribution is -0.126. The zero-order valence-corrected chi connectivity index (χ0v) is 17.6. The summed E-state index contributed by atoms with van der Waals surface area (Å²) in [6.45, 7) is 9.18. The van der Waals surface area contributed by atoms with Gasteiger partial charge in [-0.15, -0.1) is 11.3 Å². The second kappa shape index (κ2) is 8.02. The summed E-state index contributed by atoms with van der Waals surface area (Å²) >= 11 is 2.75. The third kappa shape index (κ3) is 3.75. The van der Waals surface area contributed by atoms with E-state index in [9.17, 15) is 14.4 Å². The monoisotopic (exact) mass is 408 g/mol. The molecule has 1 fully saturated rings. The molecule has 0 spiro atoms. The molecular weight excluding hydrogens is 384 g/mol. The number of thiophene rings is 1. The molecule has 27 heavy (non-hydrogen) atoms. The number of fused-ring (bicyclic) bond motifs is 1. The smallest absolute Gasteiger partial charge is 0.324 e. The number of nitrogens with zero attached hydrogens (tertiary/aromatic N) is 3. The Hall–Kier alpha value is -1.87. The second-order valence-corrected chi connectivity index (χ2v) is 9.16. The molecule has 1 atom stereocenters. The SMILES string of the molecule is CCCCn1c(S[C@@H](C)C(=O)N2CCNC2=O)nc2sc(C)c(C)c2c1=O. The van der Waals surface area contributed by atoms with Gasteiger partial charge in [-0.1, -0.05) is 25.1 Å². The van der Waals surface area contributed by atoms with Crippen molar-refractivity contribution < 1.29 is 9.59 Å². The number of thioether (sulfide) groups is 1. The number of rotatable bonds is 6. The minimum atomic E-state index is -0.506. The zero-order valence-electron chi connectivity index (χ0n) is 16.0. The molecule has 0 radical (unpaired) electrons. The third-order valence-electron chi connectivity index (χ3n) is 4.74. The molecule has 9 heteroatoms. The van der Waals surface area contributed by atoms with Crippen LogP contribution in [0, 0.1) is 13.8 Å². The molecule has 7 nitrogen and oxygen atoms in total. The molecule has 0 bridgehead atoms. The molecule has 3 heterocycles. The van der Waals surface area contributed by atoms with Gasteiger partial charge in [0, 0.05) is 24.5 Å². The molecule has 2 aromatic heterocycles. The predicted molar refractivity (Wildman–Crippen MR) is 109 cm³/mol. The average Bonchev–Trinajstić information content (AvgIpc) is 3.17. The summed E-state index contributed by atoms with van der Waals surface area (Å²) in [5.74, 6) is -0.259. The van der Waals surface area contributed by atoms with Crippen LogP contribution in [0.3, 0.4) is 0 Å². The van der Waals surface area contributed by atoms with Gasteiger partial charge in [0.2, 0.25) is 5.91 Å². The highest BCUT2D eigenvalue weighted by Crippen LogP contribution is 2.30. The first kappa shape index (κ1) is 19.9. The normalized spacial score (nSPS) is 15.4. The summed E-state index contributed by atoms with van der Waals surface area (Å²) in [7, 11) is 0. The van der Waals surface area contributed by atoms with Gasteiger partial charge in [-0.2, -0.15) is 0 Å². The fraction of sp³-hybridized carbons (Fsp3) is 0.556. The first-order chi connectivity index (χ1) is 12.8. The van der Waals surface area contributed by atoms with Crippen molar-refractivity contribution in [2.24, 2.45) is 0 Å². The fourth-order valence-electron chi connectivity index (χ4n) is 3.02. The minimum Gasteiger partial charge on any atom is -0.336 e. The van der Waals surface area contributed by atoms with E-state index in [1.165, 1.54) is 28.0 Å². The highest BCUT2D eigenvalue weighted by atomic mass is 32.2. The Kier molecular flexibility index (Phi) is 5.90. The summed E-state index contributed by atoms with van der Waals surface area (Å²) in [5, 5.41) is 3.35. The molecule has 146 valence electrons. The highest BCUT2D eigenvalue weighted by Gasteiger charge is 2.31. The van der Waals surface area contributed by atoms with Crippen LogP contribution in [0.15, 0.2) is 9.95 Å². The van der Waals surface area contributed by atoms with Crippen LogP contribution < -0.4 is 10.9 Å². The van der Waals surface area contributed by atoms with E-state index in [0.717, 1.165) is 23.3 Å². The summed E-state index contributed by atoms with van der Waals surface area (Å²) < 4.78 is 1.68. The molecule has 1 aliphatic rings. The minimum absolute atomic E-state index is 0.0450.